The van der Waals surface area contributed by atoms with Gasteiger partial charge in [-0.25, -0.2) is 0 Å². The standard InChI is InChI=1S/C27H22ClNO5/c28-20-9-6-18(7-10-20)24-23(25(30)19-8-11-21-22(16-19)34-15-14-33-21)26(31)27(32)29(24)13-12-17-4-2-1-3-5-17/h1-11,16,24,30H,12-15H2/b25-23-. The van der Waals surface area contributed by atoms with Crippen LogP contribution in [0.5, 0.6) is 11.5 Å². The van der Waals surface area contributed by atoms with Gasteiger partial charge in [-0.2, -0.15) is 0 Å². The average Bonchev–Trinajstić information content (AvgIpc) is 3.12. The van der Waals surface area contributed by atoms with Gasteiger partial charge in [0.1, 0.15) is 19.0 Å². The van der Waals surface area contributed by atoms with Gasteiger partial charge >= 0.3 is 0 Å². The number of aliphatic hydroxyl groups excluding tert-OH is 1. The molecule has 3 aromatic carbocycles. The Balaban J connectivity index is 1.57. The number of likely N-dealkylation sites (tertiary alicyclic amines) is 1. The molecule has 0 aliphatic carbocycles. The van der Waals surface area contributed by atoms with Gasteiger partial charge in [-0.05, 0) is 47.9 Å². The smallest absolute Gasteiger partial charge is 0.295 e. The minimum absolute atomic E-state index is 0.0389. The Kier molecular flexibility index (Phi) is 5.99. The molecule has 34 heavy (non-hydrogen) atoms. The number of aliphatic hydroxyl groups is 1. The van der Waals surface area contributed by atoms with Crippen molar-refractivity contribution in [3.05, 3.63) is 100 Å². The third kappa shape index (κ3) is 4.13. The van der Waals surface area contributed by atoms with Gasteiger partial charge in [0.15, 0.2) is 11.5 Å². The monoisotopic (exact) mass is 475 g/mol. The summed E-state index contributed by atoms with van der Waals surface area (Å²) in [6.45, 7) is 1.16. The van der Waals surface area contributed by atoms with Gasteiger partial charge < -0.3 is 19.5 Å². The average molecular weight is 476 g/mol. The number of carbonyl (C=O) groups excluding carboxylic acids is 2. The van der Waals surface area contributed by atoms with E-state index in [0.29, 0.717) is 53.8 Å². The predicted molar refractivity (Wildman–Crippen MR) is 128 cm³/mol. The second-order valence-corrected chi connectivity index (χ2v) is 8.57. The van der Waals surface area contributed by atoms with E-state index < -0.39 is 17.7 Å². The largest absolute Gasteiger partial charge is 0.507 e. The molecular formula is C27H22ClNO5. The quantitative estimate of drug-likeness (QED) is 0.326. The molecule has 0 saturated carbocycles. The van der Waals surface area contributed by atoms with Crippen LogP contribution in [0.15, 0.2) is 78.4 Å². The van der Waals surface area contributed by atoms with Gasteiger partial charge in [-0.1, -0.05) is 54.1 Å². The molecule has 0 spiro atoms. The Morgan fingerprint density at radius 2 is 1.65 bits per heavy atom. The van der Waals surface area contributed by atoms with E-state index >= 15 is 0 Å². The highest BCUT2D eigenvalue weighted by molar-refractivity contribution is 6.46. The maximum Gasteiger partial charge on any atom is 0.295 e. The molecule has 172 valence electrons. The maximum absolute atomic E-state index is 13.2. The number of halogens is 1. The summed E-state index contributed by atoms with van der Waals surface area (Å²) in [7, 11) is 0. The van der Waals surface area contributed by atoms with Gasteiger partial charge in [-0.3, -0.25) is 9.59 Å². The van der Waals surface area contributed by atoms with Crippen LogP contribution in [-0.2, 0) is 16.0 Å². The lowest BCUT2D eigenvalue weighted by Crippen LogP contribution is -2.31. The summed E-state index contributed by atoms with van der Waals surface area (Å²) in [5.74, 6) is -0.565. The van der Waals surface area contributed by atoms with E-state index in [1.165, 1.54) is 4.90 Å². The summed E-state index contributed by atoms with van der Waals surface area (Å²) >= 11 is 6.08. The molecule has 1 atom stereocenters. The first-order chi connectivity index (χ1) is 16.5. The normalized spacial score (nSPS) is 18.9. The number of ketones is 1. The fraction of sp³-hybridized carbons (Fsp3) is 0.185. The van der Waals surface area contributed by atoms with Crippen LogP contribution in [0.25, 0.3) is 5.76 Å². The van der Waals surface area contributed by atoms with Crippen molar-refractivity contribution in [2.45, 2.75) is 12.5 Å². The Morgan fingerprint density at radius 1 is 0.941 bits per heavy atom. The molecule has 2 aliphatic rings. The number of benzene rings is 3. The number of rotatable bonds is 5. The molecule has 1 amide bonds. The van der Waals surface area contributed by atoms with Crippen molar-refractivity contribution in [2.24, 2.45) is 0 Å². The first-order valence-corrected chi connectivity index (χ1v) is 11.4. The highest BCUT2D eigenvalue weighted by atomic mass is 35.5. The van der Waals surface area contributed by atoms with Crippen molar-refractivity contribution >= 4 is 29.1 Å². The number of amides is 1. The number of carbonyl (C=O) groups is 2. The summed E-state index contributed by atoms with van der Waals surface area (Å²) < 4.78 is 11.2. The summed E-state index contributed by atoms with van der Waals surface area (Å²) in [6, 6.07) is 20.9. The Labute approximate surface area is 202 Å². The topological polar surface area (TPSA) is 76.1 Å². The summed E-state index contributed by atoms with van der Waals surface area (Å²) in [6.07, 6.45) is 0.571. The molecule has 1 fully saturated rings. The second kappa shape index (κ2) is 9.23. The van der Waals surface area contributed by atoms with E-state index in [1.807, 2.05) is 30.3 Å². The summed E-state index contributed by atoms with van der Waals surface area (Å²) in [5, 5.41) is 11.8. The number of fused-ring (bicyclic) bond motifs is 1. The molecule has 0 bridgehead atoms. The molecule has 5 rings (SSSR count). The molecule has 1 N–H and O–H groups in total. The molecule has 1 saturated heterocycles. The molecule has 2 heterocycles. The van der Waals surface area contributed by atoms with E-state index in [-0.39, 0.29) is 11.3 Å². The first kappa shape index (κ1) is 22.0. The molecule has 3 aromatic rings. The number of nitrogens with zero attached hydrogens (tertiary/aromatic N) is 1. The highest BCUT2D eigenvalue weighted by Gasteiger charge is 2.45. The maximum atomic E-state index is 13.2. The fourth-order valence-corrected chi connectivity index (χ4v) is 4.47. The van der Waals surface area contributed by atoms with Crippen molar-refractivity contribution < 1.29 is 24.2 Å². The zero-order chi connectivity index (χ0) is 23.7. The summed E-state index contributed by atoms with van der Waals surface area (Å²) in [5.41, 5.74) is 2.16. The van der Waals surface area contributed by atoms with Crippen LogP contribution in [0.2, 0.25) is 5.02 Å². The zero-order valence-corrected chi connectivity index (χ0v) is 19.0. The van der Waals surface area contributed by atoms with Crippen LogP contribution < -0.4 is 9.47 Å². The third-order valence-electron chi connectivity index (χ3n) is 6.03. The van der Waals surface area contributed by atoms with E-state index in [1.54, 1.807) is 42.5 Å². The lowest BCUT2D eigenvalue weighted by Gasteiger charge is -2.25. The second-order valence-electron chi connectivity index (χ2n) is 8.14. The highest BCUT2D eigenvalue weighted by Crippen LogP contribution is 2.41. The van der Waals surface area contributed by atoms with Crippen LogP contribution in [-0.4, -0.2) is 41.5 Å². The molecule has 2 aliphatic heterocycles. The molecular weight excluding hydrogens is 454 g/mol. The SMILES string of the molecule is O=C1C(=O)N(CCc2ccccc2)C(c2ccc(Cl)cc2)/C1=C(/O)c1ccc2c(c1)OCCO2. The third-order valence-corrected chi connectivity index (χ3v) is 6.28. The summed E-state index contributed by atoms with van der Waals surface area (Å²) in [4.78, 5) is 27.8. The number of hydrogen-bond donors (Lipinski definition) is 1. The predicted octanol–water partition coefficient (Wildman–Crippen LogP) is 4.78. The number of ether oxygens (including phenoxy) is 2. The van der Waals surface area contributed by atoms with E-state index in [9.17, 15) is 14.7 Å². The lowest BCUT2D eigenvalue weighted by molar-refractivity contribution is -0.139. The minimum Gasteiger partial charge on any atom is -0.507 e. The molecule has 1 unspecified atom stereocenters. The minimum atomic E-state index is -0.742. The molecule has 7 heteroatoms. The van der Waals surface area contributed by atoms with Crippen LogP contribution >= 0.6 is 11.6 Å². The molecule has 0 radical (unpaired) electrons. The van der Waals surface area contributed by atoms with E-state index in [0.717, 1.165) is 5.56 Å². The van der Waals surface area contributed by atoms with Gasteiger partial charge in [0, 0.05) is 17.1 Å². The molecule has 6 nitrogen and oxygen atoms in total. The first-order valence-electron chi connectivity index (χ1n) is 11.0. The number of hydrogen-bond acceptors (Lipinski definition) is 5. The fourth-order valence-electron chi connectivity index (χ4n) is 4.34. The van der Waals surface area contributed by atoms with Crippen LogP contribution in [0, 0.1) is 0 Å². The van der Waals surface area contributed by atoms with E-state index in [4.69, 9.17) is 21.1 Å². The van der Waals surface area contributed by atoms with Gasteiger partial charge in [0.25, 0.3) is 11.7 Å². The Morgan fingerprint density at radius 3 is 2.38 bits per heavy atom. The van der Waals surface area contributed by atoms with Crippen LogP contribution in [0.1, 0.15) is 22.7 Å². The van der Waals surface area contributed by atoms with Crippen molar-refractivity contribution in [1.82, 2.24) is 4.90 Å². The Hall–Kier alpha value is -3.77. The van der Waals surface area contributed by atoms with Crippen LogP contribution in [0.3, 0.4) is 0 Å². The van der Waals surface area contributed by atoms with Crippen molar-refractivity contribution in [3.8, 4) is 11.5 Å². The van der Waals surface area contributed by atoms with Crippen molar-refractivity contribution in [3.63, 3.8) is 0 Å². The van der Waals surface area contributed by atoms with Gasteiger partial charge in [0.2, 0.25) is 0 Å². The zero-order valence-electron chi connectivity index (χ0n) is 18.2. The Bertz CT molecular complexity index is 1270. The molecule has 0 aromatic heterocycles. The van der Waals surface area contributed by atoms with Crippen molar-refractivity contribution in [2.75, 3.05) is 19.8 Å². The lowest BCUT2D eigenvalue weighted by atomic mass is 9.95. The number of Topliss-reactive ketones (excluding diaryl/α,β-unsaturated/α-hetero) is 1. The van der Waals surface area contributed by atoms with Gasteiger partial charge in [-0.15, -0.1) is 0 Å². The van der Waals surface area contributed by atoms with E-state index in [2.05, 4.69) is 0 Å². The van der Waals surface area contributed by atoms with Crippen LogP contribution in [0.4, 0.5) is 0 Å². The van der Waals surface area contributed by atoms with Crippen molar-refractivity contribution in [1.29, 1.82) is 0 Å². The van der Waals surface area contributed by atoms with Gasteiger partial charge in [0.05, 0.1) is 11.6 Å².